The van der Waals surface area contributed by atoms with Gasteiger partial charge in [-0.2, -0.15) is 0 Å². The van der Waals surface area contributed by atoms with E-state index in [4.69, 9.17) is 33.2 Å². The smallest absolute Gasteiger partial charge is 0.310 e. The number of carbonyl (C=O) groups is 2. The van der Waals surface area contributed by atoms with Gasteiger partial charge in [-0.1, -0.05) is 91.0 Å². The molecule has 4 atom stereocenters. The maximum absolute atomic E-state index is 13.8. The number of hydrogen-bond acceptors (Lipinski definition) is 9. The molecule has 9 heteroatoms. The third-order valence-electron chi connectivity index (χ3n) is 9.66. The molecule has 7 rings (SSSR count). The summed E-state index contributed by atoms with van der Waals surface area (Å²) in [7, 11) is 4.65. The van der Waals surface area contributed by atoms with E-state index in [1.165, 1.54) is 0 Å². The fourth-order valence-electron chi connectivity index (χ4n) is 7.20. The monoisotopic (exact) mass is 700 g/mol. The van der Waals surface area contributed by atoms with Gasteiger partial charge in [-0.05, 0) is 52.1 Å². The number of rotatable bonds is 13. The fourth-order valence-corrected chi connectivity index (χ4v) is 7.20. The molecule has 0 spiro atoms. The highest BCUT2D eigenvalue weighted by Crippen LogP contribution is 2.56. The van der Waals surface area contributed by atoms with Crippen LogP contribution in [0.15, 0.2) is 115 Å². The molecule has 0 radical (unpaired) electrons. The first kappa shape index (κ1) is 34.5. The number of fused-ring (bicyclic) bond motifs is 2. The molecule has 0 unspecified atom stereocenters. The van der Waals surface area contributed by atoms with Crippen molar-refractivity contribution in [3.05, 3.63) is 149 Å². The molecule has 0 N–H and O–H groups in total. The Morgan fingerprint density at radius 3 is 1.69 bits per heavy atom. The minimum Gasteiger partial charge on any atom is -0.493 e. The van der Waals surface area contributed by atoms with Crippen LogP contribution in [0.5, 0.6) is 28.7 Å². The molecule has 0 amide bonds. The van der Waals surface area contributed by atoms with Crippen LogP contribution in [0.4, 0.5) is 0 Å². The molecule has 52 heavy (non-hydrogen) atoms. The first-order chi connectivity index (χ1) is 25.5. The van der Waals surface area contributed by atoms with Crippen LogP contribution in [-0.4, -0.2) is 39.9 Å². The summed E-state index contributed by atoms with van der Waals surface area (Å²) in [5, 5.41) is 0. The molecule has 1 aliphatic heterocycles. The van der Waals surface area contributed by atoms with Crippen LogP contribution in [0.1, 0.15) is 45.4 Å². The highest BCUT2D eigenvalue weighted by Gasteiger charge is 2.54. The van der Waals surface area contributed by atoms with E-state index >= 15 is 0 Å². The zero-order valence-corrected chi connectivity index (χ0v) is 29.3. The summed E-state index contributed by atoms with van der Waals surface area (Å²) in [6, 6.07) is 36.6. The third-order valence-corrected chi connectivity index (χ3v) is 9.66. The predicted octanol–water partition coefficient (Wildman–Crippen LogP) is 7.63. The molecular weight excluding hydrogens is 660 g/mol. The lowest BCUT2D eigenvalue weighted by atomic mass is 9.66. The van der Waals surface area contributed by atoms with Crippen molar-refractivity contribution in [3.8, 4) is 28.7 Å². The molecule has 0 saturated carbocycles. The van der Waals surface area contributed by atoms with Crippen molar-refractivity contribution in [1.29, 1.82) is 0 Å². The Kier molecular flexibility index (Phi) is 10.3. The standard InChI is InChI=1S/C43H40O9/c1-46-36-20-30(21-37(47-2)42(36)48-3)39-31-22-34(49-24-28-15-9-5-10-16-28)35(50-25-29-17-11-6-12-18-29)23-32(31)41(33-26-51-43(45)40(33)39)52-38(44)19-27-13-7-4-8-14-27/h4-18,20-23,33,39-41H,19,24-26H2,1-3H3/t33-,39+,40-,41-/m0/s1. The second-order valence-electron chi connectivity index (χ2n) is 12.8. The number of carbonyl (C=O) groups excluding carboxylic acids is 2. The van der Waals surface area contributed by atoms with E-state index in [1.807, 2.05) is 115 Å². The first-order valence-electron chi connectivity index (χ1n) is 17.2. The molecule has 0 bridgehead atoms. The molecule has 5 aromatic carbocycles. The van der Waals surface area contributed by atoms with Gasteiger partial charge in [-0.3, -0.25) is 9.59 Å². The molecule has 1 fully saturated rings. The van der Waals surface area contributed by atoms with Gasteiger partial charge in [-0.15, -0.1) is 0 Å². The summed E-state index contributed by atoms with van der Waals surface area (Å²) in [6.45, 7) is 0.642. The van der Waals surface area contributed by atoms with E-state index < -0.39 is 29.8 Å². The number of benzene rings is 5. The Morgan fingerprint density at radius 2 is 1.17 bits per heavy atom. The molecule has 0 aromatic heterocycles. The van der Waals surface area contributed by atoms with Crippen LogP contribution in [0, 0.1) is 11.8 Å². The van der Waals surface area contributed by atoms with Crippen molar-refractivity contribution in [1.82, 2.24) is 0 Å². The van der Waals surface area contributed by atoms with Crippen molar-refractivity contribution in [2.45, 2.75) is 31.7 Å². The van der Waals surface area contributed by atoms with Crippen molar-refractivity contribution >= 4 is 11.9 Å². The molecule has 266 valence electrons. The largest absolute Gasteiger partial charge is 0.493 e. The third kappa shape index (κ3) is 7.12. The maximum atomic E-state index is 13.8. The van der Waals surface area contributed by atoms with E-state index in [1.54, 1.807) is 21.3 Å². The second kappa shape index (κ2) is 15.5. The van der Waals surface area contributed by atoms with Crippen LogP contribution >= 0.6 is 0 Å². The lowest BCUT2D eigenvalue weighted by molar-refractivity contribution is -0.153. The predicted molar refractivity (Wildman–Crippen MR) is 193 cm³/mol. The van der Waals surface area contributed by atoms with E-state index in [0.717, 1.165) is 27.8 Å². The van der Waals surface area contributed by atoms with E-state index in [0.29, 0.717) is 34.3 Å². The zero-order chi connectivity index (χ0) is 36.0. The molecule has 5 aromatic rings. The van der Waals surface area contributed by atoms with Crippen LogP contribution in [0.2, 0.25) is 0 Å². The van der Waals surface area contributed by atoms with Gasteiger partial charge in [0.1, 0.15) is 19.3 Å². The SMILES string of the molecule is COc1cc([C@@H]2c3cc(OCc4ccccc4)c(OCc4ccccc4)cc3[C@H](OC(=O)Cc3ccccc3)[C@H]3COC(=O)[C@H]23)cc(OC)c1OC. The Bertz CT molecular complexity index is 1990. The molecular formula is C43H40O9. The highest BCUT2D eigenvalue weighted by molar-refractivity contribution is 5.80. The Hall–Kier alpha value is -5.96. The number of hydrogen-bond donors (Lipinski definition) is 0. The summed E-state index contributed by atoms with van der Waals surface area (Å²) in [6.07, 6.45) is -0.728. The van der Waals surface area contributed by atoms with Gasteiger partial charge in [0.25, 0.3) is 0 Å². The van der Waals surface area contributed by atoms with Gasteiger partial charge in [0.05, 0.1) is 40.3 Å². The topological polar surface area (TPSA) is 98.8 Å². The van der Waals surface area contributed by atoms with Gasteiger partial charge < -0.3 is 33.2 Å². The minimum absolute atomic E-state index is 0.0742. The Morgan fingerprint density at radius 1 is 0.654 bits per heavy atom. The normalized spacial score (nSPS) is 18.7. The number of cyclic esters (lactones) is 1. The lowest BCUT2D eigenvalue weighted by Crippen LogP contribution is -2.37. The van der Waals surface area contributed by atoms with Gasteiger partial charge in [0, 0.05) is 17.4 Å². The summed E-state index contributed by atoms with van der Waals surface area (Å²) in [4.78, 5) is 27.4. The number of methoxy groups -OCH3 is 3. The Balaban J connectivity index is 1.38. The molecule has 9 nitrogen and oxygen atoms in total. The lowest BCUT2D eigenvalue weighted by Gasteiger charge is -2.39. The maximum Gasteiger partial charge on any atom is 0.310 e. The van der Waals surface area contributed by atoms with Crippen LogP contribution < -0.4 is 23.7 Å². The summed E-state index contributed by atoms with van der Waals surface area (Å²) >= 11 is 0. The molecule has 1 aliphatic carbocycles. The zero-order valence-electron chi connectivity index (χ0n) is 29.3. The summed E-state index contributed by atoms with van der Waals surface area (Å²) < 4.78 is 42.2. The summed E-state index contributed by atoms with van der Waals surface area (Å²) in [5.74, 6) is -0.232. The average Bonchev–Trinajstić information content (AvgIpc) is 3.57. The van der Waals surface area contributed by atoms with Crippen LogP contribution in [0.25, 0.3) is 0 Å². The fraction of sp³-hybridized carbons (Fsp3) is 0.256. The number of esters is 2. The van der Waals surface area contributed by atoms with Crippen molar-refractivity contribution < 1.29 is 42.7 Å². The first-order valence-corrected chi connectivity index (χ1v) is 17.2. The van der Waals surface area contributed by atoms with Gasteiger partial charge >= 0.3 is 11.9 Å². The van der Waals surface area contributed by atoms with Crippen molar-refractivity contribution in [2.24, 2.45) is 11.8 Å². The van der Waals surface area contributed by atoms with E-state index in [-0.39, 0.29) is 32.2 Å². The minimum atomic E-state index is -0.803. The molecule has 1 heterocycles. The van der Waals surface area contributed by atoms with Crippen molar-refractivity contribution in [2.75, 3.05) is 27.9 Å². The van der Waals surface area contributed by atoms with Crippen molar-refractivity contribution in [3.63, 3.8) is 0 Å². The highest BCUT2D eigenvalue weighted by atomic mass is 16.6. The van der Waals surface area contributed by atoms with Crippen LogP contribution in [0.3, 0.4) is 0 Å². The molecule has 2 aliphatic rings. The van der Waals surface area contributed by atoms with Crippen LogP contribution in [-0.2, 0) is 38.7 Å². The van der Waals surface area contributed by atoms with Gasteiger partial charge in [-0.25, -0.2) is 0 Å². The number of ether oxygens (including phenoxy) is 7. The average molecular weight is 701 g/mol. The van der Waals surface area contributed by atoms with E-state index in [9.17, 15) is 9.59 Å². The summed E-state index contributed by atoms with van der Waals surface area (Å²) in [5.41, 5.74) is 4.96. The van der Waals surface area contributed by atoms with Gasteiger partial charge in [0.15, 0.2) is 23.0 Å². The Labute approximate surface area is 303 Å². The molecule has 1 saturated heterocycles. The van der Waals surface area contributed by atoms with Gasteiger partial charge in [0.2, 0.25) is 5.75 Å². The second-order valence-corrected chi connectivity index (χ2v) is 12.8. The van der Waals surface area contributed by atoms with E-state index in [2.05, 4.69) is 0 Å². The quantitative estimate of drug-likeness (QED) is 0.115.